The van der Waals surface area contributed by atoms with E-state index in [1.165, 1.54) is 0 Å². The lowest BCUT2D eigenvalue weighted by Crippen LogP contribution is -2.61. The summed E-state index contributed by atoms with van der Waals surface area (Å²) in [6.07, 6.45) is 7.54. The molecule has 1 aliphatic heterocycles. The Hall–Kier alpha value is -3.42. The third-order valence-corrected chi connectivity index (χ3v) is 7.05. The van der Waals surface area contributed by atoms with E-state index >= 15 is 0 Å². The number of hydrogen-bond acceptors (Lipinski definition) is 5. The van der Waals surface area contributed by atoms with Crippen molar-refractivity contribution in [2.45, 2.75) is 45.4 Å². The molecule has 1 aromatic carbocycles. The highest BCUT2D eigenvalue weighted by Crippen LogP contribution is 2.39. The molecule has 3 aromatic heterocycles. The summed E-state index contributed by atoms with van der Waals surface area (Å²) in [5, 5.41) is 12.0. The van der Waals surface area contributed by atoms with Crippen molar-refractivity contribution in [3.8, 4) is 16.8 Å². The number of fused-ring (bicyclic) bond motifs is 1. The maximum Gasteiger partial charge on any atom is 0.254 e. The van der Waals surface area contributed by atoms with E-state index < -0.39 is 5.60 Å². The van der Waals surface area contributed by atoms with Crippen LogP contribution in [0.15, 0.2) is 67.3 Å². The number of amides is 1. The summed E-state index contributed by atoms with van der Waals surface area (Å²) in [7, 11) is 0. The zero-order chi connectivity index (χ0) is 25.6. The predicted octanol–water partition coefficient (Wildman–Crippen LogP) is 4.94. The Kier molecular flexibility index (Phi) is 6.22. The van der Waals surface area contributed by atoms with E-state index in [1.807, 2.05) is 55.6 Å². The molecule has 0 spiro atoms. The number of nitrogens with zero attached hydrogens (tertiary/aromatic N) is 5. The zero-order valence-electron chi connectivity index (χ0n) is 20.9. The summed E-state index contributed by atoms with van der Waals surface area (Å²) >= 11 is 6.34. The third-order valence-electron chi connectivity index (χ3n) is 6.82. The fourth-order valence-electron chi connectivity index (χ4n) is 5.03. The minimum Gasteiger partial charge on any atom is -0.381 e. The van der Waals surface area contributed by atoms with Crippen LogP contribution in [0.4, 0.5) is 5.82 Å². The number of piperazine rings is 1. The third kappa shape index (κ3) is 4.33. The summed E-state index contributed by atoms with van der Waals surface area (Å²) in [5.74, 6) is 0.618. The highest BCUT2D eigenvalue weighted by molar-refractivity contribution is 6.30. The number of aliphatic hydroxyl groups is 1. The van der Waals surface area contributed by atoms with E-state index in [0.29, 0.717) is 18.1 Å². The first-order valence-corrected chi connectivity index (χ1v) is 12.5. The highest BCUT2D eigenvalue weighted by atomic mass is 35.5. The van der Waals surface area contributed by atoms with Crippen LogP contribution in [0, 0.1) is 0 Å². The van der Waals surface area contributed by atoms with Crippen LogP contribution in [-0.2, 0) is 4.79 Å². The number of carbonyl (C=O) groups is 1. The molecular weight excluding hydrogens is 474 g/mol. The Bertz CT molecular complexity index is 1410. The number of halogens is 1. The van der Waals surface area contributed by atoms with Crippen molar-refractivity contribution >= 4 is 34.2 Å². The summed E-state index contributed by atoms with van der Waals surface area (Å²) in [6.45, 7) is 8.30. The maximum absolute atomic E-state index is 12.9. The molecule has 4 aromatic rings. The Morgan fingerprint density at radius 1 is 1.06 bits per heavy atom. The molecule has 5 rings (SSSR count). The quantitative estimate of drug-likeness (QED) is 0.427. The Balaban J connectivity index is 1.65. The Morgan fingerprint density at radius 2 is 1.81 bits per heavy atom. The number of rotatable bonds is 4. The van der Waals surface area contributed by atoms with E-state index in [1.54, 1.807) is 31.1 Å². The van der Waals surface area contributed by atoms with Gasteiger partial charge in [0.05, 0.1) is 10.9 Å². The molecule has 1 N–H and O–H groups in total. The van der Waals surface area contributed by atoms with Crippen molar-refractivity contribution in [1.82, 2.24) is 19.4 Å². The largest absolute Gasteiger partial charge is 0.381 e. The molecular formula is C28H30ClN5O2. The average molecular weight is 504 g/mol. The van der Waals surface area contributed by atoms with E-state index in [-0.39, 0.29) is 18.0 Å². The van der Waals surface area contributed by atoms with Crippen molar-refractivity contribution in [2.24, 2.45) is 0 Å². The number of anilines is 1. The summed E-state index contributed by atoms with van der Waals surface area (Å²) in [4.78, 5) is 26.0. The fraction of sp³-hybridized carbons (Fsp3) is 0.321. The van der Waals surface area contributed by atoms with Gasteiger partial charge in [-0.05, 0) is 69.7 Å². The van der Waals surface area contributed by atoms with Gasteiger partial charge in [0.25, 0.3) is 5.91 Å². The van der Waals surface area contributed by atoms with Crippen LogP contribution in [-0.4, -0.2) is 61.2 Å². The number of aromatic nitrogens is 3. The van der Waals surface area contributed by atoms with Gasteiger partial charge >= 0.3 is 0 Å². The van der Waals surface area contributed by atoms with Crippen molar-refractivity contribution < 1.29 is 9.90 Å². The second kappa shape index (κ2) is 9.22. The topological polar surface area (TPSA) is 74.5 Å². The molecule has 8 heteroatoms. The minimum absolute atomic E-state index is 0.00501. The van der Waals surface area contributed by atoms with Crippen LogP contribution in [0.25, 0.3) is 27.7 Å². The predicted molar refractivity (Wildman–Crippen MR) is 144 cm³/mol. The van der Waals surface area contributed by atoms with Gasteiger partial charge in [-0.15, -0.1) is 0 Å². The van der Waals surface area contributed by atoms with E-state index in [2.05, 4.69) is 27.6 Å². The molecule has 1 saturated heterocycles. The van der Waals surface area contributed by atoms with Gasteiger partial charge in [0.15, 0.2) is 0 Å². The highest BCUT2D eigenvalue weighted by Gasteiger charge is 2.38. The lowest BCUT2D eigenvalue weighted by molar-refractivity contribution is -0.151. The van der Waals surface area contributed by atoms with Crippen LogP contribution in [0.1, 0.15) is 27.7 Å². The van der Waals surface area contributed by atoms with Crippen LogP contribution in [0.2, 0.25) is 5.02 Å². The van der Waals surface area contributed by atoms with Gasteiger partial charge in [0.2, 0.25) is 0 Å². The van der Waals surface area contributed by atoms with Crippen LogP contribution >= 0.6 is 11.6 Å². The van der Waals surface area contributed by atoms with Crippen molar-refractivity contribution in [2.75, 3.05) is 18.0 Å². The first kappa shape index (κ1) is 24.3. The van der Waals surface area contributed by atoms with Crippen molar-refractivity contribution in [1.29, 1.82) is 0 Å². The SMILES string of the molecule is C[C@@H]1CN(c2nccc3c2c(-c2ccncc2)cn3-c2cccc(Cl)c2)[C@@H](C)CN1C(=O)C(C)(C)O. The molecule has 1 fully saturated rings. The summed E-state index contributed by atoms with van der Waals surface area (Å²) in [5.41, 5.74) is 2.67. The zero-order valence-corrected chi connectivity index (χ0v) is 21.6. The number of benzene rings is 1. The van der Waals surface area contributed by atoms with Gasteiger partial charge in [-0.1, -0.05) is 17.7 Å². The molecule has 0 saturated carbocycles. The van der Waals surface area contributed by atoms with Gasteiger partial charge in [0.1, 0.15) is 11.4 Å². The van der Waals surface area contributed by atoms with Gasteiger partial charge in [0, 0.05) is 66.2 Å². The molecule has 186 valence electrons. The monoisotopic (exact) mass is 503 g/mol. The van der Waals surface area contributed by atoms with Crippen molar-refractivity contribution in [3.63, 3.8) is 0 Å². The Labute approximate surface area is 216 Å². The molecule has 1 aliphatic rings. The maximum atomic E-state index is 12.9. The van der Waals surface area contributed by atoms with Crippen molar-refractivity contribution in [3.05, 3.63) is 72.3 Å². The second-order valence-corrected chi connectivity index (χ2v) is 10.5. The first-order chi connectivity index (χ1) is 17.1. The molecule has 7 nitrogen and oxygen atoms in total. The fourth-order valence-corrected chi connectivity index (χ4v) is 5.21. The molecule has 0 bridgehead atoms. The summed E-state index contributed by atoms with van der Waals surface area (Å²) in [6, 6.07) is 13.7. The number of hydrogen-bond donors (Lipinski definition) is 1. The summed E-state index contributed by atoms with van der Waals surface area (Å²) < 4.78 is 2.14. The first-order valence-electron chi connectivity index (χ1n) is 12.1. The van der Waals surface area contributed by atoms with Gasteiger partial charge in [-0.2, -0.15) is 0 Å². The van der Waals surface area contributed by atoms with Crippen LogP contribution in [0.3, 0.4) is 0 Å². The van der Waals surface area contributed by atoms with E-state index in [4.69, 9.17) is 16.6 Å². The molecule has 2 atom stereocenters. The second-order valence-electron chi connectivity index (χ2n) is 10.0. The molecule has 0 radical (unpaired) electrons. The van der Waals surface area contributed by atoms with E-state index in [9.17, 15) is 9.90 Å². The van der Waals surface area contributed by atoms with E-state index in [0.717, 1.165) is 33.5 Å². The molecule has 0 aliphatic carbocycles. The standard InChI is InChI=1S/C28H30ClN5O2/c1-18-16-33(27(35)28(3,4)36)19(2)15-32(18)26-25-23(20-8-11-30-12-9-20)17-34(24(25)10-13-31-26)22-7-5-6-21(29)14-22/h5-14,17-19,36H,15-16H2,1-4H3/t18-,19+/m0/s1. The normalized spacial score (nSPS) is 18.6. The molecule has 4 heterocycles. The average Bonchev–Trinajstić information content (AvgIpc) is 3.25. The lowest BCUT2D eigenvalue weighted by atomic mass is 10.0. The minimum atomic E-state index is -1.41. The van der Waals surface area contributed by atoms with Crippen LogP contribution in [0.5, 0.6) is 0 Å². The molecule has 0 unspecified atom stereocenters. The van der Waals surface area contributed by atoms with Gasteiger partial charge < -0.3 is 19.5 Å². The number of pyridine rings is 2. The van der Waals surface area contributed by atoms with Crippen LogP contribution < -0.4 is 4.90 Å². The molecule has 1 amide bonds. The van der Waals surface area contributed by atoms with Gasteiger partial charge in [-0.3, -0.25) is 9.78 Å². The Morgan fingerprint density at radius 3 is 2.50 bits per heavy atom. The lowest BCUT2D eigenvalue weighted by Gasteiger charge is -2.46. The van der Waals surface area contributed by atoms with Gasteiger partial charge in [-0.25, -0.2) is 4.98 Å². The molecule has 36 heavy (non-hydrogen) atoms. The smallest absolute Gasteiger partial charge is 0.254 e. The number of carbonyl (C=O) groups excluding carboxylic acids is 1.